The van der Waals surface area contributed by atoms with Gasteiger partial charge in [-0.2, -0.15) is 0 Å². The normalized spacial score (nSPS) is 45.7. The number of aliphatic hydroxyl groups excluding tert-OH is 1. The van der Waals surface area contributed by atoms with Crippen LogP contribution in [0, 0.1) is 58.2 Å². The maximum atomic E-state index is 10.6. The van der Waals surface area contributed by atoms with Crippen LogP contribution in [0.25, 0.3) is 0 Å². The molecule has 0 aromatic carbocycles. The summed E-state index contributed by atoms with van der Waals surface area (Å²) in [6.45, 7) is 20.0. The maximum absolute atomic E-state index is 10.6. The van der Waals surface area contributed by atoms with Gasteiger partial charge in [0, 0.05) is 0 Å². The van der Waals surface area contributed by atoms with Gasteiger partial charge >= 0.3 is 0 Å². The third-order valence-electron chi connectivity index (χ3n) is 12.0. The molecule has 0 radical (unpaired) electrons. The summed E-state index contributed by atoms with van der Waals surface area (Å²) in [7, 11) is 0. The molecule has 0 aromatic heterocycles. The average molecular weight is 429 g/mol. The van der Waals surface area contributed by atoms with Crippen LogP contribution in [0.15, 0.2) is 11.1 Å². The lowest BCUT2D eigenvalue weighted by atomic mass is 9.47. The van der Waals surface area contributed by atoms with Crippen LogP contribution in [0.1, 0.15) is 113 Å². The van der Waals surface area contributed by atoms with Crippen molar-refractivity contribution in [3.05, 3.63) is 11.1 Å². The van der Waals surface area contributed by atoms with Crippen molar-refractivity contribution >= 4 is 0 Å². The van der Waals surface area contributed by atoms with Gasteiger partial charge < -0.3 is 5.11 Å². The molecule has 1 heteroatoms. The summed E-state index contributed by atoms with van der Waals surface area (Å²) in [5, 5.41) is 10.6. The van der Waals surface area contributed by atoms with Crippen LogP contribution in [0.5, 0.6) is 0 Å². The third kappa shape index (κ3) is 3.77. The van der Waals surface area contributed by atoms with Gasteiger partial charge in [0.15, 0.2) is 0 Å². The Morgan fingerprint density at radius 2 is 1.61 bits per heavy atom. The summed E-state index contributed by atoms with van der Waals surface area (Å²) >= 11 is 0. The van der Waals surface area contributed by atoms with Gasteiger partial charge in [-0.3, -0.25) is 0 Å². The molecular formula is C30H52O. The molecule has 10 unspecified atom stereocenters. The molecule has 31 heavy (non-hydrogen) atoms. The summed E-state index contributed by atoms with van der Waals surface area (Å²) in [6, 6.07) is 0. The quantitative estimate of drug-likeness (QED) is 0.437. The van der Waals surface area contributed by atoms with Crippen molar-refractivity contribution in [2.45, 2.75) is 119 Å². The van der Waals surface area contributed by atoms with Crippen LogP contribution in [0.2, 0.25) is 0 Å². The van der Waals surface area contributed by atoms with E-state index < -0.39 is 0 Å². The third-order valence-corrected chi connectivity index (χ3v) is 12.0. The van der Waals surface area contributed by atoms with Crippen molar-refractivity contribution in [3.8, 4) is 0 Å². The van der Waals surface area contributed by atoms with Gasteiger partial charge in [-0.1, -0.05) is 66.5 Å². The Morgan fingerprint density at radius 3 is 2.29 bits per heavy atom. The van der Waals surface area contributed by atoms with Crippen LogP contribution in [-0.2, 0) is 0 Å². The average Bonchev–Trinajstić information content (AvgIpc) is 3.07. The first-order valence-electron chi connectivity index (χ1n) is 13.9. The highest BCUT2D eigenvalue weighted by Crippen LogP contribution is 2.66. The highest BCUT2D eigenvalue weighted by molar-refractivity contribution is 5.35. The van der Waals surface area contributed by atoms with Crippen LogP contribution in [0.3, 0.4) is 0 Å². The number of allylic oxidation sites excluding steroid dienone is 2. The second-order valence-corrected chi connectivity index (χ2v) is 13.6. The first-order valence-corrected chi connectivity index (χ1v) is 13.9. The standard InChI is InChI=1S/C30H52O/c1-18(2)19(3)17-20(4)21(5)24-11-12-26-23-9-10-25-22(6)28(31)14-16-30(25,8)27(23)13-15-29(24,26)7/h18-22,24-25,27-28,31H,9-17H2,1-8H3. The fourth-order valence-electron chi connectivity index (χ4n) is 9.30. The van der Waals surface area contributed by atoms with E-state index in [1.807, 2.05) is 11.1 Å². The Morgan fingerprint density at radius 1 is 0.903 bits per heavy atom. The Balaban J connectivity index is 1.57. The molecule has 178 valence electrons. The molecule has 3 fully saturated rings. The van der Waals surface area contributed by atoms with Gasteiger partial charge in [0.2, 0.25) is 0 Å². The molecule has 3 saturated carbocycles. The summed E-state index contributed by atoms with van der Waals surface area (Å²) < 4.78 is 0. The minimum Gasteiger partial charge on any atom is -0.393 e. The second-order valence-electron chi connectivity index (χ2n) is 13.6. The fourth-order valence-corrected chi connectivity index (χ4v) is 9.30. The van der Waals surface area contributed by atoms with Gasteiger partial charge in [0.1, 0.15) is 0 Å². The molecule has 4 aliphatic carbocycles. The number of hydrogen-bond acceptors (Lipinski definition) is 1. The van der Waals surface area contributed by atoms with Crippen LogP contribution >= 0.6 is 0 Å². The van der Waals surface area contributed by atoms with Gasteiger partial charge in [-0.15, -0.1) is 0 Å². The van der Waals surface area contributed by atoms with E-state index in [4.69, 9.17) is 0 Å². The topological polar surface area (TPSA) is 20.2 Å². The predicted octanol–water partition coefficient (Wildman–Crippen LogP) is 8.27. The molecule has 0 saturated heterocycles. The number of rotatable bonds is 5. The Hall–Kier alpha value is -0.300. The summed E-state index contributed by atoms with van der Waals surface area (Å²) in [4.78, 5) is 0. The van der Waals surface area contributed by atoms with Crippen LogP contribution < -0.4 is 0 Å². The molecule has 4 aliphatic rings. The van der Waals surface area contributed by atoms with E-state index in [9.17, 15) is 5.11 Å². The molecule has 10 atom stereocenters. The van der Waals surface area contributed by atoms with E-state index in [1.54, 1.807) is 0 Å². The molecule has 1 N–H and O–H groups in total. The lowest BCUT2D eigenvalue weighted by Crippen LogP contribution is -2.51. The summed E-state index contributed by atoms with van der Waals surface area (Å²) in [6.07, 6.45) is 11.9. The zero-order valence-electron chi connectivity index (χ0n) is 22.0. The summed E-state index contributed by atoms with van der Waals surface area (Å²) in [5.74, 6) is 6.18. The lowest BCUT2D eigenvalue weighted by Gasteiger charge is -2.58. The van der Waals surface area contributed by atoms with E-state index in [2.05, 4.69) is 55.4 Å². The van der Waals surface area contributed by atoms with Crippen LogP contribution in [0.4, 0.5) is 0 Å². The fraction of sp³-hybridized carbons (Fsp3) is 0.933. The van der Waals surface area contributed by atoms with Crippen molar-refractivity contribution in [3.63, 3.8) is 0 Å². The lowest BCUT2D eigenvalue weighted by molar-refractivity contribution is -0.0781. The second kappa shape index (κ2) is 8.48. The zero-order valence-corrected chi connectivity index (χ0v) is 22.0. The van der Waals surface area contributed by atoms with Crippen molar-refractivity contribution in [2.75, 3.05) is 0 Å². The van der Waals surface area contributed by atoms with Gasteiger partial charge in [0.25, 0.3) is 0 Å². The number of aliphatic hydroxyl groups is 1. The Bertz CT molecular complexity index is 691. The Labute approximate surface area is 193 Å². The highest BCUT2D eigenvalue weighted by atomic mass is 16.3. The summed E-state index contributed by atoms with van der Waals surface area (Å²) in [5.41, 5.74) is 4.73. The van der Waals surface area contributed by atoms with Crippen molar-refractivity contribution in [1.82, 2.24) is 0 Å². The number of fused-ring (bicyclic) bond motifs is 4. The van der Waals surface area contributed by atoms with E-state index >= 15 is 0 Å². The smallest absolute Gasteiger partial charge is 0.0568 e. The monoisotopic (exact) mass is 428 g/mol. The molecular weight excluding hydrogens is 376 g/mol. The molecule has 0 aromatic rings. The Kier molecular flexibility index (Phi) is 6.53. The van der Waals surface area contributed by atoms with Crippen molar-refractivity contribution in [1.29, 1.82) is 0 Å². The van der Waals surface area contributed by atoms with Gasteiger partial charge in [-0.25, -0.2) is 0 Å². The van der Waals surface area contributed by atoms with Gasteiger partial charge in [0.05, 0.1) is 6.10 Å². The first kappa shape index (κ1) is 23.8. The molecule has 0 amide bonds. The predicted molar refractivity (Wildman–Crippen MR) is 133 cm³/mol. The largest absolute Gasteiger partial charge is 0.393 e. The molecule has 1 nitrogen and oxygen atoms in total. The maximum Gasteiger partial charge on any atom is 0.0568 e. The van der Waals surface area contributed by atoms with Crippen molar-refractivity contribution in [2.24, 2.45) is 58.2 Å². The first-order chi connectivity index (χ1) is 14.5. The minimum atomic E-state index is -0.0624. The SMILES string of the molecule is CC(C)C(C)CC(C)C(C)C1CCC2=C3CCC4C(C)C(O)CCC4(C)C3CCC21C. The van der Waals surface area contributed by atoms with E-state index in [-0.39, 0.29) is 6.10 Å². The molecule has 0 aliphatic heterocycles. The number of hydrogen-bond donors (Lipinski definition) is 1. The zero-order chi connectivity index (χ0) is 22.7. The van der Waals surface area contributed by atoms with Gasteiger partial charge in [-0.05, 0) is 116 Å². The molecule has 0 spiro atoms. The van der Waals surface area contributed by atoms with Crippen molar-refractivity contribution < 1.29 is 5.11 Å². The van der Waals surface area contributed by atoms with E-state index in [1.165, 1.54) is 51.4 Å². The van der Waals surface area contributed by atoms with Crippen LogP contribution in [-0.4, -0.2) is 11.2 Å². The molecule has 0 bridgehead atoms. The van der Waals surface area contributed by atoms with E-state index in [0.717, 1.165) is 47.8 Å². The highest BCUT2D eigenvalue weighted by Gasteiger charge is 2.57. The van der Waals surface area contributed by atoms with E-state index in [0.29, 0.717) is 16.7 Å². The minimum absolute atomic E-state index is 0.0624. The molecule has 4 rings (SSSR count). The molecule has 0 heterocycles.